The second kappa shape index (κ2) is 18.3. The van der Waals surface area contributed by atoms with Crippen molar-refractivity contribution in [3.8, 4) is 22.4 Å². The first-order chi connectivity index (χ1) is 30.1. The van der Waals surface area contributed by atoms with Crippen LogP contribution in [0.25, 0.3) is 28.0 Å². The molecule has 2 saturated heterocycles. The van der Waals surface area contributed by atoms with Gasteiger partial charge in [0.2, 0.25) is 5.91 Å². The van der Waals surface area contributed by atoms with Crippen molar-refractivity contribution in [3.63, 3.8) is 0 Å². The van der Waals surface area contributed by atoms with Crippen molar-refractivity contribution in [1.82, 2.24) is 30.4 Å². The molecule has 1 aromatic heterocycles. The standard InChI is InChI=1S/C49H51N7O6/c1-30-25-34(36-27-39(50-28-36)41-17-11-23-55(41)46(57)43(53-48(59)61-3)32-13-7-5-8-14-32)19-21-37(30)38-22-20-35(26-31(38)2)40-29-51-45(52-40)42-18-12-24-56(42)47(58)44(54-49(60)62-4)33-15-9-6-10-16-33/h5-10,13-16,19-22,25-26,28-29,41-44H,11-12,17-18,23-24,27H2,1-4H3,(H,51,52)(H,53,59)(H,54,60)/t41-,42-,43+,44+/m0/s1. The molecule has 3 N–H and O–H groups in total. The van der Waals surface area contributed by atoms with Crippen LogP contribution in [0.4, 0.5) is 9.59 Å². The first-order valence-corrected chi connectivity index (χ1v) is 21.1. The Morgan fingerprint density at radius 2 is 1.21 bits per heavy atom. The predicted octanol–water partition coefficient (Wildman–Crippen LogP) is 8.40. The van der Waals surface area contributed by atoms with Crippen molar-refractivity contribution in [2.75, 3.05) is 27.3 Å². The molecule has 8 rings (SSSR count). The SMILES string of the molecule is COC(=O)N[C@@H](C(=O)N1CCC[C@H]1C1=NC=C(c2ccc(-c3ccc(-c4cnc([C@@H]5CCCN5C(=O)[C@H](NC(=O)OC)c5ccccc5)[nH]4)cc3C)c(C)c2)C1)c1ccccc1. The van der Waals surface area contributed by atoms with E-state index < -0.39 is 24.3 Å². The lowest BCUT2D eigenvalue weighted by atomic mass is 9.91. The predicted molar refractivity (Wildman–Crippen MR) is 237 cm³/mol. The summed E-state index contributed by atoms with van der Waals surface area (Å²) >= 11 is 0. The summed E-state index contributed by atoms with van der Waals surface area (Å²) in [5.41, 5.74) is 10.9. The van der Waals surface area contributed by atoms with E-state index in [9.17, 15) is 19.2 Å². The number of H-pyrrole nitrogens is 1. The van der Waals surface area contributed by atoms with Gasteiger partial charge in [-0.2, -0.15) is 0 Å². The van der Waals surface area contributed by atoms with Crippen LogP contribution in [0.3, 0.4) is 0 Å². The Balaban J connectivity index is 0.936. The van der Waals surface area contributed by atoms with Crippen molar-refractivity contribution in [1.29, 1.82) is 0 Å². The Labute approximate surface area is 361 Å². The number of carbonyl (C=O) groups excluding carboxylic acids is 4. The minimum absolute atomic E-state index is 0.156. The van der Waals surface area contributed by atoms with Crippen molar-refractivity contribution < 1.29 is 28.7 Å². The number of imidazole rings is 1. The van der Waals surface area contributed by atoms with Gasteiger partial charge in [-0.25, -0.2) is 14.6 Å². The second-order valence-corrected chi connectivity index (χ2v) is 16.0. The fraction of sp³-hybridized carbons (Fsp3) is 0.306. The number of allylic oxidation sites excluding steroid dienone is 1. The zero-order valence-corrected chi connectivity index (χ0v) is 35.4. The molecular weight excluding hydrogens is 783 g/mol. The minimum atomic E-state index is -0.884. The number of aromatic amines is 1. The molecule has 13 nitrogen and oxygen atoms in total. The molecule has 0 bridgehead atoms. The number of rotatable bonds is 11. The molecule has 4 heterocycles. The van der Waals surface area contributed by atoms with Crippen LogP contribution in [0.1, 0.15) is 83.9 Å². The van der Waals surface area contributed by atoms with Gasteiger partial charge in [-0.3, -0.25) is 14.6 Å². The third-order valence-electron chi connectivity index (χ3n) is 12.2. The molecule has 0 saturated carbocycles. The summed E-state index contributed by atoms with van der Waals surface area (Å²) in [6.45, 7) is 5.37. The Morgan fingerprint density at radius 3 is 1.76 bits per heavy atom. The molecule has 0 unspecified atom stereocenters. The summed E-state index contributed by atoms with van der Waals surface area (Å²) in [5, 5.41) is 5.46. The summed E-state index contributed by atoms with van der Waals surface area (Å²) in [6, 6.07) is 29.2. The maximum Gasteiger partial charge on any atom is 0.407 e. The number of aryl methyl sites for hydroxylation is 2. The highest BCUT2D eigenvalue weighted by atomic mass is 16.5. The van der Waals surface area contributed by atoms with Crippen molar-refractivity contribution in [2.45, 2.75) is 70.1 Å². The summed E-state index contributed by atoms with van der Waals surface area (Å²) in [7, 11) is 2.58. The molecule has 13 heteroatoms. The molecule has 0 aliphatic carbocycles. The molecule has 4 amide bonds. The van der Waals surface area contributed by atoms with Gasteiger partial charge in [-0.1, -0.05) is 91.0 Å². The number of benzene rings is 4. The van der Waals surface area contributed by atoms with Gasteiger partial charge in [0.1, 0.15) is 17.9 Å². The summed E-state index contributed by atoms with van der Waals surface area (Å²) in [4.78, 5) is 69.3. The van der Waals surface area contributed by atoms with Crippen molar-refractivity contribution >= 4 is 35.3 Å². The normalized spacial score (nSPS) is 18.1. The summed E-state index contributed by atoms with van der Waals surface area (Å²) in [6.07, 6.45) is 6.28. The molecule has 0 spiro atoms. The summed E-state index contributed by atoms with van der Waals surface area (Å²) in [5.74, 6) is 0.319. The third kappa shape index (κ3) is 8.60. The molecule has 5 aromatic rings. The van der Waals surface area contributed by atoms with E-state index >= 15 is 0 Å². The fourth-order valence-electron chi connectivity index (χ4n) is 9.02. The van der Waals surface area contributed by atoms with Crippen LogP contribution in [-0.4, -0.2) is 82.8 Å². The van der Waals surface area contributed by atoms with E-state index in [4.69, 9.17) is 19.5 Å². The minimum Gasteiger partial charge on any atom is -0.453 e. The molecule has 3 aliphatic rings. The second-order valence-electron chi connectivity index (χ2n) is 16.0. The van der Waals surface area contributed by atoms with Crippen LogP contribution >= 0.6 is 0 Å². The van der Waals surface area contributed by atoms with Crippen LogP contribution in [0.15, 0.2) is 114 Å². The quantitative estimate of drug-likeness (QED) is 0.121. The van der Waals surface area contributed by atoms with Gasteiger partial charge in [0.05, 0.1) is 38.2 Å². The maximum atomic E-state index is 14.0. The van der Waals surface area contributed by atoms with E-state index in [-0.39, 0.29) is 23.9 Å². The third-order valence-corrected chi connectivity index (χ3v) is 12.2. The zero-order valence-electron chi connectivity index (χ0n) is 35.4. The molecule has 0 radical (unpaired) electrons. The lowest BCUT2D eigenvalue weighted by Gasteiger charge is -2.29. The van der Waals surface area contributed by atoms with Crippen molar-refractivity contribution in [2.24, 2.45) is 4.99 Å². The number of hydrogen-bond acceptors (Lipinski definition) is 8. The van der Waals surface area contributed by atoms with E-state index in [1.165, 1.54) is 14.2 Å². The number of aliphatic imine (C=N–C) groups is 1. The monoisotopic (exact) mass is 833 g/mol. The molecule has 2 fully saturated rings. The molecule has 3 aliphatic heterocycles. The van der Waals surface area contributed by atoms with Gasteiger partial charge in [-0.05, 0) is 95.7 Å². The Kier molecular flexibility index (Phi) is 12.3. The van der Waals surface area contributed by atoms with Crippen LogP contribution < -0.4 is 10.6 Å². The highest BCUT2D eigenvalue weighted by Crippen LogP contribution is 2.37. The van der Waals surface area contributed by atoms with Gasteiger partial charge in [0.25, 0.3) is 5.91 Å². The molecule has 62 heavy (non-hydrogen) atoms. The zero-order chi connectivity index (χ0) is 43.3. The van der Waals surface area contributed by atoms with E-state index in [1.54, 1.807) is 4.90 Å². The van der Waals surface area contributed by atoms with E-state index in [0.717, 1.165) is 76.0 Å². The number of nitrogens with one attached hydrogen (secondary N) is 3. The highest BCUT2D eigenvalue weighted by molar-refractivity contribution is 6.04. The Morgan fingerprint density at radius 1 is 0.694 bits per heavy atom. The van der Waals surface area contributed by atoms with Crippen LogP contribution in [0, 0.1) is 13.8 Å². The first-order valence-electron chi connectivity index (χ1n) is 21.1. The largest absolute Gasteiger partial charge is 0.453 e. The number of aromatic nitrogens is 2. The van der Waals surface area contributed by atoms with E-state index in [2.05, 4.69) is 65.9 Å². The molecule has 4 aromatic carbocycles. The van der Waals surface area contributed by atoms with Crippen LogP contribution in [0.2, 0.25) is 0 Å². The maximum absolute atomic E-state index is 14.0. The van der Waals surface area contributed by atoms with Gasteiger partial charge in [0.15, 0.2) is 0 Å². The van der Waals surface area contributed by atoms with E-state index in [1.807, 2.05) is 78.0 Å². The number of alkyl carbamates (subject to hydrolysis) is 2. The van der Waals surface area contributed by atoms with Gasteiger partial charge in [-0.15, -0.1) is 0 Å². The smallest absolute Gasteiger partial charge is 0.407 e. The van der Waals surface area contributed by atoms with Crippen LogP contribution in [-0.2, 0) is 19.1 Å². The van der Waals surface area contributed by atoms with Gasteiger partial charge < -0.3 is 34.9 Å². The van der Waals surface area contributed by atoms with Gasteiger partial charge in [0, 0.05) is 31.4 Å². The topological polar surface area (TPSA) is 158 Å². The molecule has 318 valence electrons. The average Bonchev–Trinajstić information content (AvgIpc) is 4.15. The van der Waals surface area contributed by atoms with E-state index in [0.29, 0.717) is 36.5 Å². The number of nitrogens with zero attached hydrogens (tertiary/aromatic N) is 4. The Hall–Kier alpha value is -7.02. The summed E-state index contributed by atoms with van der Waals surface area (Å²) < 4.78 is 9.70. The average molecular weight is 834 g/mol. The Bertz CT molecular complexity index is 2530. The van der Waals surface area contributed by atoms with Crippen molar-refractivity contribution in [3.05, 3.63) is 143 Å². The van der Waals surface area contributed by atoms with Crippen LogP contribution in [0.5, 0.6) is 0 Å². The number of amides is 4. The first kappa shape index (κ1) is 41.7. The lowest BCUT2D eigenvalue weighted by Crippen LogP contribution is -2.47. The number of carbonyl (C=O) groups is 4. The number of likely N-dealkylation sites (tertiary alicyclic amines) is 2. The number of ether oxygens (including phenoxy) is 2. The number of hydrogen-bond donors (Lipinski definition) is 3. The fourth-order valence-corrected chi connectivity index (χ4v) is 9.02. The molecule has 4 atom stereocenters. The van der Waals surface area contributed by atoms with Gasteiger partial charge >= 0.3 is 12.2 Å². The molecular formula is C49H51N7O6. The number of methoxy groups -OCH3 is 2. The highest BCUT2D eigenvalue weighted by Gasteiger charge is 2.39. The lowest BCUT2D eigenvalue weighted by molar-refractivity contribution is -0.135.